The molecule has 0 aliphatic carbocycles. The molecule has 110 valence electrons. The number of hydrogen-bond acceptors (Lipinski definition) is 3. The van der Waals surface area contributed by atoms with Crippen molar-refractivity contribution in [2.75, 3.05) is 26.8 Å². The first-order valence-corrected chi connectivity index (χ1v) is 7.09. The molecule has 1 aliphatic heterocycles. The third kappa shape index (κ3) is 4.96. The first-order valence-electron chi connectivity index (χ1n) is 7.09. The topological polar surface area (TPSA) is 55.6 Å². The molecule has 0 fully saturated rings. The van der Waals surface area contributed by atoms with Crippen molar-refractivity contribution in [1.82, 2.24) is 4.90 Å². The van der Waals surface area contributed by atoms with E-state index >= 15 is 0 Å². The van der Waals surface area contributed by atoms with Gasteiger partial charge in [-0.1, -0.05) is 32.4 Å². The molecule has 0 radical (unpaired) electrons. The summed E-state index contributed by atoms with van der Waals surface area (Å²) in [6.45, 7) is 8.80. The van der Waals surface area contributed by atoms with Crippen LogP contribution >= 0.6 is 0 Å². The van der Waals surface area contributed by atoms with Gasteiger partial charge in [-0.05, 0) is 24.7 Å². The zero-order chi connectivity index (χ0) is 14.5. The van der Waals surface area contributed by atoms with Crippen LogP contribution < -0.4 is 5.73 Å². The van der Waals surface area contributed by atoms with Crippen molar-refractivity contribution in [3.8, 4) is 0 Å². The van der Waals surface area contributed by atoms with Gasteiger partial charge in [0.25, 0.3) is 0 Å². The summed E-state index contributed by atoms with van der Waals surface area (Å²) in [6.07, 6.45) is 4.67. The molecule has 4 nitrogen and oxygen atoms in total. The summed E-state index contributed by atoms with van der Waals surface area (Å²) < 4.78 is 4.98. The van der Waals surface area contributed by atoms with Gasteiger partial charge in [-0.15, -0.1) is 0 Å². The highest BCUT2D eigenvalue weighted by Gasteiger charge is 2.25. The summed E-state index contributed by atoms with van der Waals surface area (Å²) in [4.78, 5) is 14.0. The average molecular weight is 268 g/mol. The van der Waals surface area contributed by atoms with Crippen molar-refractivity contribution < 1.29 is 9.53 Å². The quantitative estimate of drug-likeness (QED) is 0.612. The Kier molecular flexibility index (Phi) is 6.01. The lowest BCUT2D eigenvalue weighted by molar-refractivity contribution is -0.132. The molecule has 19 heavy (non-hydrogen) atoms. The predicted octanol–water partition coefficient (Wildman–Crippen LogP) is 1.95. The second kappa shape index (κ2) is 7.06. The second-order valence-electron chi connectivity index (χ2n) is 6.26. The third-order valence-corrected chi connectivity index (χ3v) is 3.66. The van der Waals surface area contributed by atoms with Gasteiger partial charge in [0.15, 0.2) is 0 Å². The molecule has 1 aliphatic rings. The SMILES string of the molecule is COCCCC(N)C(=O)N1CC=C(C(C)(C)C)CC1. The van der Waals surface area contributed by atoms with E-state index in [1.165, 1.54) is 5.57 Å². The summed E-state index contributed by atoms with van der Waals surface area (Å²) in [5.74, 6) is 0.0697. The Morgan fingerprint density at radius 1 is 1.53 bits per heavy atom. The van der Waals surface area contributed by atoms with E-state index < -0.39 is 0 Å². The van der Waals surface area contributed by atoms with Crippen LogP contribution in [0.2, 0.25) is 0 Å². The van der Waals surface area contributed by atoms with Gasteiger partial charge in [-0.25, -0.2) is 0 Å². The van der Waals surface area contributed by atoms with Crippen LogP contribution in [-0.2, 0) is 9.53 Å². The summed E-state index contributed by atoms with van der Waals surface area (Å²) in [6, 6.07) is -0.389. The zero-order valence-electron chi connectivity index (χ0n) is 12.7. The van der Waals surface area contributed by atoms with Gasteiger partial charge in [-0.3, -0.25) is 4.79 Å². The van der Waals surface area contributed by atoms with Crippen molar-refractivity contribution in [3.63, 3.8) is 0 Å². The molecule has 1 unspecified atom stereocenters. The van der Waals surface area contributed by atoms with Crippen LogP contribution in [0.3, 0.4) is 0 Å². The van der Waals surface area contributed by atoms with Gasteiger partial charge in [0.2, 0.25) is 5.91 Å². The first-order chi connectivity index (χ1) is 8.86. The number of methoxy groups -OCH3 is 1. The lowest BCUT2D eigenvalue weighted by atomic mass is 9.83. The summed E-state index contributed by atoms with van der Waals surface area (Å²) >= 11 is 0. The maximum absolute atomic E-state index is 12.2. The van der Waals surface area contributed by atoms with Gasteiger partial charge < -0.3 is 15.4 Å². The van der Waals surface area contributed by atoms with Crippen LogP contribution in [0.25, 0.3) is 0 Å². The Morgan fingerprint density at radius 3 is 2.68 bits per heavy atom. The molecule has 0 spiro atoms. The predicted molar refractivity (Wildman–Crippen MR) is 77.8 cm³/mol. The smallest absolute Gasteiger partial charge is 0.239 e. The Hall–Kier alpha value is -0.870. The molecule has 2 N–H and O–H groups in total. The van der Waals surface area contributed by atoms with Gasteiger partial charge in [-0.2, -0.15) is 0 Å². The number of carbonyl (C=O) groups excluding carboxylic acids is 1. The van der Waals surface area contributed by atoms with Crippen molar-refractivity contribution in [2.45, 2.75) is 46.1 Å². The number of amides is 1. The van der Waals surface area contributed by atoms with Crippen LogP contribution in [0.15, 0.2) is 11.6 Å². The molecule has 1 rings (SSSR count). The molecular formula is C15H28N2O2. The minimum absolute atomic E-state index is 0.0697. The lowest BCUT2D eigenvalue weighted by Gasteiger charge is -2.33. The highest BCUT2D eigenvalue weighted by Crippen LogP contribution is 2.30. The van der Waals surface area contributed by atoms with E-state index in [4.69, 9.17) is 10.5 Å². The van der Waals surface area contributed by atoms with E-state index in [2.05, 4.69) is 26.8 Å². The van der Waals surface area contributed by atoms with Crippen LogP contribution in [0, 0.1) is 5.41 Å². The first kappa shape index (κ1) is 16.2. The Balaban J connectivity index is 2.46. The second-order valence-corrected chi connectivity index (χ2v) is 6.26. The number of ether oxygens (including phenoxy) is 1. The maximum atomic E-state index is 12.2. The van der Waals surface area contributed by atoms with Crippen molar-refractivity contribution >= 4 is 5.91 Å². The van der Waals surface area contributed by atoms with E-state index in [0.29, 0.717) is 19.6 Å². The maximum Gasteiger partial charge on any atom is 0.239 e. The van der Waals surface area contributed by atoms with E-state index in [1.807, 2.05) is 4.90 Å². The van der Waals surface area contributed by atoms with Crippen LogP contribution in [0.4, 0.5) is 0 Å². The number of carbonyl (C=O) groups is 1. The number of nitrogens with two attached hydrogens (primary N) is 1. The molecule has 4 heteroatoms. The Morgan fingerprint density at radius 2 is 2.21 bits per heavy atom. The summed E-state index contributed by atoms with van der Waals surface area (Å²) in [7, 11) is 1.66. The van der Waals surface area contributed by atoms with E-state index in [0.717, 1.165) is 19.4 Å². The highest BCUT2D eigenvalue weighted by molar-refractivity contribution is 5.82. The van der Waals surface area contributed by atoms with E-state index in [9.17, 15) is 4.79 Å². The van der Waals surface area contributed by atoms with Crippen molar-refractivity contribution in [3.05, 3.63) is 11.6 Å². The third-order valence-electron chi connectivity index (χ3n) is 3.66. The fraction of sp³-hybridized carbons (Fsp3) is 0.800. The number of hydrogen-bond donors (Lipinski definition) is 1. The molecule has 0 aromatic heterocycles. The minimum Gasteiger partial charge on any atom is -0.385 e. The van der Waals surface area contributed by atoms with Crippen molar-refractivity contribution in [1.29, 1.82) is 0 Å². The minimum atomic E-state index is -0.389. The monoisotopic (exact) mass is 268 g/mol. The molecule has 1 atom stereocenters. The van der Waals surface area contributed by atoms with Gasteiger partial charge in [0.05, 0.1) is 6.04 Å². The molecule has 0 saturated carbocycles. The normalized spacial score (nSPS) is 18.2. The Bertz CT molecular complexity index is 332. The molecule has 1 amide bonds. The molecule has 0 bridgehead atoms. The number of nitrogens with zero attached hydrogens (tertiary/aromatic N) is 1. The zero-order valence-corrected chi connectivity index (χ0v) is 12.7. The van der Waals surface area contributed by atoms with Gasteiger partial charge >= 0.3 is 0 Å². The molecular weight excluding hydrogens is 240 g/mol. The van der Waals surface area contributed by atoms with Gasteiger partial charge in [0.1, 0.15) is 0 Å². The van der Waals surface area contributed by atoms with Crippen molar-refractivity contribution in [2.24, 2.45) is 11.1 Å². The number of rotatable bonds is 5. The van der Waals surface area contributed by atoms with E-state index in [-0.39, 0.29) is 17.4 Å². The van der Waals surface area contributed by atoms with Gasteiger partial charge in [0, 0.05) is 26.8 Å². The lowest BCUT2D eigenvalue weighted by Crippen LogP contribution is -2.46. The highest BCUT2D eigenvalue weighted by atomic mass is 16.5. The summed E-state index contributed by atoms with van der Waals surface area (Å²) in [5, 5.41) is 0. The fourth-order valence-corrected chi connectivity index (χ4v) is 2.36. The van der Waals surface area contributed by atoms with Crippen LogP contribution in [0.5, 0.6) is 0 Å². The Labute approximate surface area is 117 Å². The summed E-state index contributed by atoms with van der Waals surface area (Å²) in [5.41, 5.74) is 7.58. The molecule has 1 heterocycles. The standard InChI is InChI=1S/C15H28N2O2/c1-15(2,3)12-7-9-17(10-8-12)14(18)13(16)6-5-11-19-4/h7,13H,5-6,8-11,16H2,1-4H3. The molecule has 0 aromatic rings. The fourth-order valence-electron chi connectivity index (χ4n) is 2.36. The largest absolute Gasteiger partial charge is 0.385 e. The van der Waals surface area contributed by atoms with Crippen LogP contribution in [0.1, 0.15) is 40.0 Å². The molecule has 0 aromatic carbocycles. The average Bonchev–Trinajstić information content (AvgIpc) is 2.37. The van der Waals surface area contributed by atoms with E-state index in [1.54, 1.807) is 7.11 Å². The van der Waals surface area contributed by atoms with Crippen LogP contribution in [-0.4, -0.2) is 43.7 Å². The molecule has 0 saturated heterocycles.